The first kappa shape index (κ1) is 15.9. The summed E-state index contributed by atoms with van der Waals surface area (Å²) in [6.45, 7) is 1.92. The van der Waals surface area contributed by atoms with Gasteiger partial charge >= 0.3 is 5.97 Å². The van der Waals surface area contributed by atoms with Gasteiger partial charge in [-0.25, -0.2) is 4.79 Å². The van der Waals surface area contributed by atoms with Gasteiger partial charge in [-0.05, 0) is 31.2 Å². The van der Waals surface area contributed by atoms with Crippen LogP contribution in [0, 0.1) is 6.92 Å². The van der Waals surface area contributed by atoms with E-state index in [0.717, 1.165) is 5.56 Å². The van der Waals surface area contributed by atoms with Gasteiger partial charge < -0.3 is 15.2 Å². The molecule has 0 heterocycles. The number of ether oxygens (including phenoxy) is 1. The van der Waals surface area contributed by atoms with Gasteiger partial charge in [0.25, 0.3) is 5.91 Å². The third-order valence-electron chi connectivity index (χ3n) is 3.06. The van der Waals surface area contributed by atoms with Crippen LogP contribution in [-0.4, -0.2) is 24.1 Å². The predicted molar refractivity (Wildman–Crippen MR) is 84.1 cm³/mol. The molecular formula is C16H14ClNO4. The Morgan fingerprint density at radius 3 is 2.32 bits per heavy atom. The first-order valence-electron chi connectivity index (χ1n) is 6.41. The standard InChI is InChI=1S/C16H14ClNO4/c1-9-3-5-10(6-4-9)15(19)18-13-8-11(16(20)21)7-12(17)14(13)22-2/h3-8H,1-2H3,(H,18,19)(H,20,21). The van der Waals surface area contributed by atoms with E-state index in [-0.39, 0.29) is 27.9 Å². The monoisotopic (exact) mass is 319 g/mol. The van der Waals surface area contributed by atoms with Gasteiger partial charge in [-0.1, -0.05) is 29.3 Å². The second kappa shape index (κ2) is 6.49. The summed E-state index contributed by atoms with van der Waals surface area (Å²) in [4.78, 5) is 23.3. The summed E-state index contributed by atoms with van der Waals surface area (Å²) in [6.07, 6.45) is 0. The van der Waals surface area contributed by atoms with Crippen LogP contribution in [0.3, 0.4) is 0 Å². The predicted octanol–water partition coefficient (Wildman–Crippen LogP) is 3.61. The number of nitrogens with one attached hydrogen (secondary N) is 1. The molecule has 0 atom stereocenters. The van der Waals surface area contributed by atoms with Crippen LogP contribution in [0.5, 0.6) is 5.75 Å². The molecule has 0 saturated heterocycles. The van der Waals surface area contributed by atoms with Crippen molar-refractivity contribution in [1.82, 2.24) is 0 Å². The minimum Gasteiger partial charge on any atom is -0.493 e. The fourth-order valence-electron chi connectivity index (χ4n) is 1.92. The Bertz CT molecular complexity index is 726. The lowest BCUT2D eigenvalue weighted by molar-refractivity contribution is 0.0696. The molecule has 22 heavy (non-hydrogen) atoms. The van der Waals surface area contributed by atoms with E-state index in [1.807, 2.05) is 19.1 Å². The Hall–Kier alpha value is -2.53. The zero-order chi connectivity index (χ0) is 16.3. The van der Waals surface area contributed by atoms with E-state index < -0.39 is 5.97 Å². The molecule has 0 aliphatic heterocycles. The number of carbonyl (C=O) groups is 2. The third kappa shape index (κ3) is 3.38. The lowest BCUT2D eigenvalue weighted by Gasteiger charge is -2.13. The van der Waals surface area contributed by atoms with E-state index >= 15 is 0 Å². The molecule has 0 bridgehead atoms. The van der Waals surface area contributed by atoms with Crippen molar-refractivity contribution in [2.24, 2.45) is 0 Å². The number of hydrogen-bond acceptors (Lipinski definition) is 3. The fraction of sp³-hybridized carbons (Fsp3) is 0.125. The summed E-state index contributed by atoms with van der Waals surface area (Å²) in [5, 5.41) is 11.8. The van der Waals surface area contributed by atoms with Crippen molar-refractivity contribution in [3.63, 3.8) is 0 Å². The molecular weight excluding hydrogens is 306 g/mol. The Labute approximate surface area is 132 Å². The number of carboxylic acids is 1. The van der Waals surface area contributed by atoms with Gasteiger partial charge in [-0.15, -0.1) is 0 Å². The number of aryl methyl sites for hydroxylation is 1. The number of amides is 1. The van der Waals surface area contributed by atoms with Crippen LogP contribution >= 0.6 is 11.6 Å². The van der Waals surface area contributed by atoms with Gasteiger partial charge in [0.2, 0.25) is 0 Å². The normalized spacial score (nSPS) is 10.1. The lowest BCUT2D eigenvalue weighted by Crippen LogP contribution is -2.13. The molecule has 2 N–H and O–H groups in total. The van der Waals surface area contributed by atoms with E-state index in [0.29, 0.717) is 5.56 Å². The minimum atomic E-state index is -1.14. The maximum absolute atomic E-state index is 12.2. The number of anilines is 1. The van der Waals surface area contributed by atoms with Crippen LogP contribution in [0.25, 0.3) is 0 Å². The second-order valence-corrected chi connectivity index (χ2v) is 5.07. The number of hydrogen-bond donors (Lipinski definition) is 2. The van der Waals surface area contributed by atoms with E-state index in [4.69, 9.17) is 21.4 Å². The van der Waals surface area contributed by atoms with E-state index in [1.165, 1.54) is 19.2 Å². The molecule has 114 valence electrons. The Kier molecular flexibility index (Phi) is 4.68. The van der Waals surface area contributed by atoms with Gasteiger partial charge in [0.1, 0.15) is 0 Å². The Balaban J connectivity index is 2.37. The molecule has 2 aromatic rings. The summed E-state index contributed by atoms with van der Waals surface area (Å²) in [6, 6.07) is 9.56. The molecule has 0 aliphatic rings. The highest BCUT2D eigenvalue weighted by Gasteiger charge is 2.16. The van der Waals surface area contributed by atoms with Crippen LogP contribution in [0.15, 0.2) is 36.4 Å². The molecule has 2 aromatic carbocycles. The molecule has 0 aromatic heterocycles. The smallest absolute Gasteiger partial charge is 0.335 e. The van der Waals surface area contributed by atoms with Crippen LogP contribution in [0.2, 0.25) is 5.02 Å². The third-order valence-corrected chi connectivity index (χ3v) is 3.34. The number of benzene rings is 2. The summed E-state index contributed by atoms with van der Waals surface area (Å²) in [5.74, 6) is -1.31. The summed E-state index contributed by atoms with van der Waals surface area (Å²) in [5.41, 5.74) is 1.65. The number of rotatable bonds is 4. The average molecular weight is 320 g/mol. The minimum absolute atomic E-state index is 0.0370. The molecule has 1 amide bonds. The summed E-state index contributed by atoms with van der Waals surface area (Å²) >= 11 is 5.99. The summed E-state index contributed by atoms with van der Waals surface area (Å²) < 4.78 is 5.13. The van der Waals surface area contributed by atoms with Gasteiger partial charge in [0.15, 0.2) is 5.75 Å². The van der Waals surface area contributed by atoms with Crippen molar-refractivity contribution in [1.29, 1.82) is 0 Å². The van der Waals surface area contributed by atoms with Gasteiger partial charge in [0, 0.05) is 5.56 Å². The zero-order valence-electron chi connectivity index (χ0n) is 12.0. The van der Waals surface area contributed by atoms with Crippen LogP contribution in [0.4, 0.5) is 5.69 Å². The number of carbonyl (C=O) groups excluding carboxylic acids is 1. The van der Waals surface area contributed by atoms with E-state index in [9.17, 15) is 9.59 Å². The molecule has 0 spiro atoms. The van der Waals surface area contributed by atoms with Crippen molar-refractivity contribution >= 4 is 29.2 Å². The maximum atomic E-state index is 12.2. The van der Waals surface area contributed by atoms with Crippen LogP contribution < -0.4 is 10.1 Å². The fourth-order valence-corrected chi connectivity index (χ4v) is 2.21. The van der Waals surface area contributed by atoms with Gasteiger partial charge in [0.05, 0.1) is 23.4 Å². The molecule has 0 unspecified atom stereocenters. The van der Waals surface area contributed by atoms with Gasteiger partial charge in [-0.3, -0.25) is 4.79 Å². The van der Waals surface area contributed by atoms with Crippen molar-refractivity contribution in [2.75, 3.05) is 12.4 Å². The number of aromatic carboxylic acids is 1. The highest BCUT2D eigenvalue weighted by Crippen LogP contribution is 2.34. The largest absolute Gasteiger partial charge is 0.493 e. The first-order valence-corrected chi connectivity index (χ1v) is 6.79. The van der Waals surface area contributed by atoms with E-state index in [1.54, 1.807) is 12.1 Å². The zero-order valence-corrected chi connectivity index (χ0v) is 12.8. The molecule has 0 fully saturated rings. The molecule has 6 heteroatoms. The first-order chi connectivity index (χ1) is 10.4. The van der Waals surface area contributed by atoms with E-state index in [2.05, 4.69) is 5.32 Å². The molecule has 0 saturated carbocycles. The highest BCUT2D eigenvalue weighted by molar-refractivity contribution is 6.33. The van der Waals surface area contributed by atoms with Crippen LogP contribution in [0.1, 0.15) is 26.3 Å². The number of halogens is 1. The quantitative estimate of drug-likeness (QED) is 0.902. The number of methoxy groups -OCH3 is 1. The van der Waals surface area contributed by atoms with Crippen molar-refractivity contribution < 1.29 is 19.4 Å². The second-order valence-electron chi connectivity index (χ2n) is 4.66. The average Bonchev–Trinajstić information content (AvgIpc) is 2.47. The topological polar surface area (TPSA) is 75.6 Å². The summed E-state index contributed by atoms with van der Waals surface area (Å²) in [7, 11) is 1.39. The van der Waals surface area contributed by atoms with Crippen molar-refractivity contribution in [2.45, 2.75) is 6.92 Å². The highest BCUT2D eigenvalue weighted by atomic mass is 35.5. The molecule has 0 radical (unpaired) electrons. The van der Waals surface area contributed by atoms with Crippen molar-refractivity contribution in [3.05, 3.63) is 58.1 Å². The Morgan fingerprint density at radius 2 is 1.77 bits per heavy atom. The maximum Gasteiger partial charge on any atom is 0.335 e. The Morgan fingerprint density at radius 1 is 1.14 bits per heavy atom. The molecule has 0 aliphatic carbocycles. The molecule has 5 nitrogen and oxygen atoms in total. The van der Waals surface area contributed by atoms with Gasteiger partial charge in [-0.2, -0.15) is 0 Å². The lowest BCUT2D eigenvalue weighted by atomic mass is 10.1. The molecule has 2 rings (SSSR count). The number of carboxylic acid groups (broad SMARTS) is 1. The van der Waals surface area contributed by atoms with Crippen LogP contribution in [-0.2, 0) is 0 Å². The van der Waals surface area contributed by atoms with Crippen molar-refractivity contribution in [3.8, 4) is 5.75 Å². The SMILES string of the molecule is COc1c(Cl)cc(C(=O)O)cc1NC(=O)c1ccc(C)cc1.